The second kappa shape index (κ2) is 7.49. The minimum atomic E-state index is -0.738. The van der Waals surface area contributed by atoms with Gasteiger partial charge in [0.25, 0.3) is 11.5 Å². The first-order valence-electron chi connectivity index (χ1n) is 8.59. The Hall–Kier alpha value is -3.35. The average molecular weight is 367 g/mol. The number of carbonyl (C=O) groups is 1. The van der Waals surface area contributed by atoms with Gasteiger partial charge in [0.1, 0.15) is 11.3 Å². The summed E-state index contributed by atoms with van der Waals surface area (Å²) in [6, 6.07) is 10.3. The first-order valence-corrected chi connectivity index (χ1v) is 8.59. The Morgan fingerprint density at radius 3 is 2.70 bits per heavy atom. The van der Waals surface area contributed by atoms with Crippen LogP contribution >= 0.6 is 0 Å². The summed E-state index contributed by atoms with van der Waals surface area (Å²) in [6.45, 7) is 4.38. The van der Waals surface area contributed by atoms with Crippen molar-refractivity contribution in [2.45, 2.75) is 20.4 Å². The topological polar surface area (TPSA) is 93.4 Å². The largest absolute Gasteiger partial charge is 0.506 e. The van der Waals surface area contributed by atoms with Gasteiger partial charge in [0.05, 0.1) is 12.6 Å². The average Bonchev–Trinajstić information content (AvgIpc) is 2.65. The van der Waals surface area contributed by atoms with Crippen molar-refractivity contribution in [1.29, 1.82) is 0 Å². The molecule has 2 N–H and O–H groups in total. The SMILES string of the molecule is COc1cccnc1NC(=O)c1c(O)c2ccccc2n(CC(C)C)c1=O. The molecule has 0 atom stereocenters. The molecule has 1 aromatic carbocycles. The van der Waals surface area contributed by atoms with Gasteiger partial charge in [-0.2, -0.15) is 0 Å². The van der Waals surface area contributed by atoms with Crippen molar-refractivity contribution in [3.8, 4) is 11.5 Å². The van der Waals surface area contributed by atoms with Gasteiger partial charge in [0, 0.05) is 18.1 Å². The van der Waals surface area contributed by atoms with Crippen molar-refractivity contribution in [1.82, 2.24) is 9.55 Å². The Balaban J connectivity index is 2.16. The number of hydrogen-bond acceptors (Lipinski definition) is 5. The lowest BCUT2D eigenvalue weighted by molar-refractivity contribution is 0.102. The van der Waals surface area contributed by atoms with Gasteiger partial charge in [-0.25, -0.2) is 4.98 Å². The molecule has 0 spiro atoms. The molecular formula is C20H21N3O4. The molecular weight excluding hydrogens is 346 g/mol. The highest BCUT2D eigenvalue weighted by molar-refractivity contribution is 6.09. The van der Waals surface area contributed by atoms with Gasteiger partial charge < -0.3 is 19.7 Å². The molecule has 0 fully saturated rings. The Labute approximate surface area is 156 Å². The number of ether oxygens (including phenoxy) is 1. The molecule has 0 unspecified atom stereocenters. The Bertz CT molecular complexity index is 1060. The van der Waals surface area contributed by atoms with Crippen LogP contribution in [0.2, 0.25) is 0 Å². The van der Waals surface area contributed by atoms with Gasteiger partial charge in [-0.15, -0.1) is 0 Å². The zero-order valence-corrected chi connectivity index (χ0v) is 15.4. The summed E-state index contributed by atoms with van der Waals surface area (Å²) >= 11 is 0. The van der Waals surface area contributed by atoms with E-state index in [1.807, 2.05) is 13.8 Å². The van der Waals surface area contributed by atoms with Crippen LogP contribution in [0.3, 0.4) is 0 Å². The van der Waals surface area contributed by atoms with Crippen LogP contribution in [0.5, 0.6) is 11.5 Å². The van der Waals surface area contributed by atoms with Crippen LogP contribution in [0, 0.1) is 5.92 Å². The zero-order valence-electron chi connectivity index (χ0n) is 15.4. The number of fused-ring (bicyclic) bond motifs is 1. The molecule has 2 heterocycles. The normalized spacial score (nSPS) is 11.0. The number of rotatable bonds is 5. The third-order valence-electron chi connectivity index (χ3n) is 4.14. The summed E-state index contributed by atoms with van der Waals surface area (Å²) in [4.78, 5) is 29.9. The molecule has 1 amide bonds. The number of amides is 1. The zero-order chi connectivity index (χ0) is 19.6. The first kappa shape index (κ1) is 18.4. The standard InChI is InChI=1S/C20H21N3O4/c1-12(2)11-23-14-8-5-4-7-13(14)17(24)16(20(23)26)19(25)22-18-15(27-3)9-6-10-21-18/h4-10,12,24H,11H2,1-3H3,(H,21,22,25). The Morgan fingerprint density at radius 1 is 1.26 bits per heavy atom. The van der Waals surface area contributed by atoms with Crippen molar-refractivity contribution < 1.29 is 14.6 Å². The fourth-order valence-corrected chi connectivity index (χ4v) is 2.96. The van der Waals surface area contributed by atoms with Crippen molar-refractivity contribution in [3.63, 3.8) is 0 Å². The van der Waals surface area contributed by atoms with Gasteiger partial charge in [-0.3, -0.25) is 9.59 Å². The molecule has 0 aliphatic heterocycles. The van der Waals surface area contributed by atoms with Crippen LogP contribution in [0.25, 0.3) is 10.9 Å². The number of carbonyl (C=O) groups excluding carboxylic acids is 1. The van der Waals surface area contributed by atoms with Crippen molar-refractivity contribution in [2.75, 3.05) is 12.4 Å². The number of nitrogens with zero attached hydrogens (tertiary/aromatic N) is 2. The van der Waals surface area contributed by atoms with Gasteiger partial charge in [0.2, 0.25) is 0 Å². The van der Waals surface area contributed by atoms with Gasteiger partial charge in [-0.05, 0) is 30.2 Å². The van der Waals surface area contributed by atoms with Crippen LogP contribution in [0.1, 0.15) is 24.2 Å². The van der Waals surface area contributed by atoms with Crippen LogP contribution in [0.4, 0.5) is 5.82 Å². The Kier molecular flexibility index (Phi) is 5.12. The van der Waals surface area contributed by atoms with E-state index in [0.29, 0.717) is 23.2 Å². The second-order valence-electron chi connectivity index (χ2n) is 6.56. The number of pyridine rings is 2. The highest BCUT2D eigenvalue weighted by Crippen LogP contribution is 2.28. The minimum absolute atomic E-state index is 0.173. The van der Waals surface area contributed by atoms with E-state index in [0.717, 1.165) is 0 Å². The maximum absolute atomic E-state index is 13.0. The van der Waals surface area contributed by atoms with Crippen molar-refractivity contribution >= 4 is 22.6 Å². The Morgan fingerprint density at radius 2 is 2.00 bits per heavy atom. The monoisotopic (exact) mass is 367 g/mol. The number of methoxy groups -OCH3 is 1. The molecule has 0 aliphatic carbocycles. The fourth-order valence-electron chi connectivity index (χ4n) is 2.96. The van der Waals surface area contributed by atoms with E-state index >= 15 is 0 Å². The number of aromatic nitrogens is 2. The molecule has 3 rings (SSSR count). The van der Waals surface area contributed by atoms with E-state index in [9.17, 15) is 14.7 Å². The number of aromatic hydroxyl groups is 1. The van der Waals surface area contributed by atoms with E-state index in [4.69, 9.17) is 4.74 Å². The summed E-state index contributed by atoms with van der Waals surface area (Å²) in [5, 5.41) is 13.6. The minimum Gasteiger partial charge on any atom is -0.506 e. The molecule has 0 saturated heterocycles. The van der Waals surface area contributed by atoms with Crippen LogP contribution in [-0.2, 0) is 6.54 Å². The highest BCUT2D eigenvalue weighted by Gasteiger charge is 2.23. The smallest absolute Gasteiger partial charge is 0.267 e. The highest BCUT2D eigenvalue weighted by atomic mass is 16.5. The molecule has 140 valence electrons. The molecule has 3 aromatic rings. The van der Waals surface area contributed by atoms with Crippen LogP contribution in [0.15, 0.2) is 47.4 Å². The lowest BCUT2D eigenvalue weighted by Gasteiger charge is -2.16. The second-order valence-corrected chi connectivity index (χ2v) is 6.56. The lowest BCUT2D eigenvalue weighted by Crippen LogP contribution is -2.31. The molecule has 0 bridgehead atoms. The van der Waals surface area contributed by atoms with Gasteiger partial charge in [0.15, 0.2) is 11.6 Å². The number of benzene rings is 1. The number of anilines is 1. The van der Waals surface area contributed by atoms with Crippen LogP contribution < -0.4 is 15.6 Å². The summed E-state index contributed by atoms with van der Waals surface area (Å²) in [5.74, 6) is -0.371. The summed E-state index contributed by atoms with van der Waals surface area (Å²) in [6.07, 6.45) is 1.50. The van der Waals surface area contributed by atoms with E-state index < -0.39 is 11.5 Å². The van der Waals surface area contributed by atoms with E-state index in [1.165, 1.54) is 17.9 Å². The summed E-state index contributed by atoms with van der Waals surface area (Å²) < 4.78 is 6.68. The van der Waals surface area contributed by atoms with Crippen molar-refractivity contribution in [2.24, 2.45) is 5.92 Å². The molecule has 27 heavy (non-hydrogen) atoms. The maximum Gasteiger partial charge on any atom is 0.267 e. The summed E-state index contributed by atoms with van der Waals surface area (Å²) in [5.41, 5.74) is -0.282. The third-order valence-corrected chi connectivity index (χ3v) is 4.14. The molecule has 0 aliphatic rings. The van der Waals surface area contributed by atoms with E-state index in [2.05, 4.69) is 10.3 Å². The summed E-state index contributed by atoms with van der Waals surface area (Å²) in [7, 11) is 1.45. The van der Waals surface area contributed by atoms with Gasteiger partial charge >= 0.3 is 0 Å². The van der Waals surface area contributed by atoms with Crippen molar-refractivity contribution in [3.05, 3.63) is 58.5 Å². The van der Waals surface area contributed by atoms with Gasteiger partial charge in [-0.1, -0.05) is 26.0 Å². The molecule has 7 heteroatoms. The fraction of sp³-hybridized carbons (Fsp3) is 0.250. The number of nitrogens with one attached hydrogen (secondary N) is 1. The third kappa shape index (κ3) is 3.48. The van der Waals surface area contributed by atoms with E-state index in [1.54, 1.807) is 36.4 Å². The first-order chi connectivity index (χ1) is 12.9. The van der Waals surface area contributed by atoms with Crippen LogP contribution in [-0.4, -0.2) is 27.7 Å². The molecule has 2 aromatic heterocycles. The predicted octanol–water partition coefficient (Wildman–Crippen LogP) is 3.02. The lowest BCUT2D eigenvalue weighted by atomic mass is 10.1. The molecule has 0 saturated carbocycles. The number of hydrogen-bond donors (Lipinski definition) is 2. The predicted molar refractivity (Wildman–Crippen MR) is 103 cm³/mol. The maximum atomic E-state index is 13.0. The quantitative estimate of drug-likeness (QED) is 0.723. The molecule has 0 radical (unpaired) electrons. The number of para-hydroxylation sites is 1. The molecule has 7 nitrogen and oxygen atoms in total. The van der Waals surface area contributed by atoms with E-state index in [-0.39, 0.29) is 23.0 Å².